The van der Waals surface area contributed by atoms with Crippen LogP contribution in [0.3, 0.4) is 0 Å². The van der Waals surface area contributed by atoms with E-state index in [1.165, 1.54) is 0 Å². The zero-order valence-electron chi connectivity index (χ0n) is 10.7. The molecule has 0 aliphatic rings. The van der Waals surface area contributed by atoms with Crippen LogP contribution >= 0.6 is 0 Å². The maximum Gasteiger partial charge on any atom is 0.144 e. The molecular formula is C13H19N3O2. The Hall–Kier alpha value is -1.64. The molecule has 1 atom stereocenters. The van der Waals surface area contributed by atoms with Crippen LogP contribution in [0, 0.1) is 11.3 Å². The smallest absolute Gasteiger partial charge is 0.144 e. The standard InChI is InChI=1S/C13H19N3O2/c1-9(2)12-4-3-10(7-14)13(16-12)15-6-5-11(18)8-17/h3-4,9,11,17-18H,5-6,8H2,1-2H3,(H,15,16)/t11-/m1/s1. The van der Waals surface area contributed by atoms with Crippen molar-refractivity contribution in [3.05, 3.63) is 23.4 Å². The first kappa shape index (κ1) is 14.4. The Labute approximate surface area is 107 Å². The predicted molar refractivity (Wildman–Crippen MR) is 69.2 cm³/mol. The Morgan fingerprint density at radius 2 is 2.17 bits per heavy atom. The average Bonchev–Trinajstić information content (AvgIpc) is 2.38. The van der Waals surface area contributed by atoms with Gasteiger partial charge in [-0.15, -0.1) is 0 Å². The molecule has 0 radical (unpaired) electrons. The molecule has 0 fully saturated rings. The van der Waals surface area contributed by atoms with Crippen LogP contribution in [0.2, 0.25) is 0 Å². The highest BCUT2D eigenvalue weighted by Gasteiger charge is 2.08. The number of pyridine rings is 1. The molecule has 0 amide bonds. The maximum atomic E-state index is 9.23. The lowest BCUT2D eigenvalue weighted by Crippen LogP contribution is -2.18. The van der Waals surface area contributed by atoms with E-state index in [1.807, 2.05) is 19.9 Å². The van der Waals surface area contributed by atoms with Crippen LogP contribution in [0.4, 0.5) is 5.82 Å². The molecule has 0 bridgehead atoms. The van der Waals surface area contributed by atoms with E-state index in [1.54, 1.807) is 6.07 Å². The van der Waals surface area contributed by atoms with Crippen LogP contribution in [-0.4, -0.2) is 34.5 Å². The molecule has 98 valence electrons. The normalized spacial score (nSPS) is 12.2. The van der Waals surface area contributed by atoms with Crippen molar-refractivity contribution in [1.82, 2.24) is 4.98 Å². The Balaban J connectivity index is 2.73. The van der Waals surface area contributed by atoms with Crippen LogP contribution in [-0.2, 0) is 0 Å². The second-order valence-corrected chi connectivity index (χ2v) is 4.45. The molecule has 1 aromatic heterocycles. The SMILES string of the molecule is CC(C)c1ccc(C#N)c(NCC[C@@H](O)CO)n1. The highest BCUT2D eigenvalue weighted by Crippen LogP contribution is 2.18. The van der Waals surface area contributed by atoms with Crippen molar-refractivity contribution in [2.75, 3.05) is 18.5 Å². The van der Waals surface area contributed by atoms with Gasteiger partial charge in [0, 0.05) is 12.2 Å². The average molecular weight is 249 g/mol. The van der Waals surface area contributed by atoms with Crippen molar-refractivity contribution in [3.63, 3.8) is 0 Å². The number of aliphatic hydroxyl groups excluding tert-OH is 2. The van der Waals surface area contributed by atoms with Crippen LogP contribution < -0.4 is 5.32 Å². The van der Waals surface area contributed by atoms with E-state index in [0.717, 1.165) is 5.69 Å². The second-order valence-electron chi connectivity index (χ2n) is 4.45. The van der Waals surface area contributed by atoms with Gasteiger partial charge in [-0.05, 0) is 24.5 Å². The number of aromatic nitrogens is 1. The molecule has 5 heteroatoms. The van der Waals surface area contributed by atoms with E-state index in [4.69, 9.17) is 10.4 Å². The summed E-state index contributed by atoms with van der Waals surface area (Å²) in [5, 5.41) is 29.9. The fourth-order valence-electron chi connectivity index (χ4n) is 1.47. The third-order valence-electron chi connectivity index (χ3n) is 2.61. The molecule has 0 saturated carbocycles. The summed E-state index contributed by atoms with van der Waals surface area (Å²) in [7, 11) is 0. The number of hydrogen-bond donors (Lipinski definition) is 3. The number of rotatable bonds is 6. The summed E-state index contributed by atoms with van der Waals surface area (Å²) >= 11 is 0. The predicted octanol–water partition coefficient (Wildman–Crippen LogP) is 1.23. The zero-order chi connectivity index (χ0) is 13.5. The molecule has 5 nitrogen and oxygen atoms in total. The lowest BCUT2D eigenvalue weighted by molar-refractivity contribution is 0.0911. The van der Waals surface area contributed by atoms with E-state index in [0.29, 0.717) is 30.3 Å². The Bertz CT molecular complexity index is 427. The van der Waals surface area contributed by atoms with Gasteiger partial charge in [-0.2, -0.15) is 5.26 Å². The lowest BCUT2D eigenvalue weighted by Gasteiger charge is -2.12. The van der Waals surface area contributed by atoms with Crippen molar-refractivity contribution in [3.8, 4) is 6.07 Å². The highest BCUT2D eigenvalue weighted by molar-refractivity contribution is 5.52. The summed E-state index contributed by atoms with van der Waals surface area (Å²) in [5.74, 6) is 0.829. The van der Waals surface area contributed by atoms with Gasteiger partial charge in [-0.3, -0.25) is 0 Å². The number of anilines is 1. The third kappa shape index (κ3) is 3.99. The monoisotopic (exact) mass is 249 g/mol. The molecular weight excluding hydrogens is 230 g/mol. The van der Waals surface area contributed by atoms with Gasteiger partial charge in [-0.25, -0.2) is 4.98 Å². The summed E-state index contributed by atoms with van der Waals surface area (Å²) in [6.45, 7) is 4.28. The van der Waals surface area contributed by atoms with Gasteiger partial charge in [0.1, 0.15) is 11.9 Å². The van der Waals surface area contributed by atoms with E-state index < -0.39 is 6.10 Å². The van der Waals surface area contributed by atoms with Gasteiger partial charge >= 0.3 is 0 Å². The first-order valence-corrected chi connectivity index (χ1v) is 6.02. The van der Waals surface area contributed by atoms with E-state index in [2.05, 4.69) is 16.4 Å². The van der Waals surface area contributed by atoms with Gasteiger partial charge in [0.05, 0.1) is 18.3 Å². The molecule has 1 rings (SSSR count). The molecule has 0 spiro atoms. The highest BCUT2D eigenvalue weighted by atomic mass is 16.3. The summed E-state index contributed by atoms with van der Waals surface area (Å²) in [5.41, 5.74) is 1.40. The van der Waals surface area contributed by atoms with Crippen molar-refractivity contribution in [2.24, 2.45) is 0 Å². The van der Waals surface area contributed by atoms with E-state index in [9.17, 15) is 5.11 Å². The first-order chi connectivity index (χ1) is 8.58. The van der Waals surface area contributed by atoms with Crippen molar-refractivity contribution < 1.29 is 10.2 Å². The molecule has 18 heavy (non-hydrogen) atoms. The molecule has 0 aromatic carbocycles. The number of nitriles is 1. The van der Waals surface area contributed by atoms with Crippen molar-refractivity contribution in [2.45, 2.75) is 32.3 Å². The van der Waals surface area contributed by atoms with Crippen LogP contribution in [0.5, 0.6) is 0 Å². The lowest BCUT2D eigenvalue weighted by atomic mass is 10.1. The fraction of sp³-hybridized carbons (Fsp3) is 0.538. The molecule has 0 saturated heterocycles. The molecule has 1 aromatic rings. The summed E-state index contributed by atoms with van der Waals surface area (Å²) in [4.78, 5) is 4.39. The molecule has 0 aliphatic carbocycles. The number of hydrogen-bond acceptors (Lipinski definition) is 5. The number of aliphatic hydroxyl groups is 2. The van der Waals surface area contributed by atoms with Crippen LogP contribution in [0.1, 0.15) is 37.4 Å². The summed E-state index contributed by atoms with van der Waals surface area (Å²) in [6, 6.07) is 5.66. The van der Waals surface area contributed by atoms with Crippen LogP contribution in [0.25, 0.3) is 0 Å². The molecule has 0 aliphatic heterocycles. The minimum atomic E-state index is -0.740. The quantitative estimate of drug-likeness (QED) is 0.705. The van der Waals surface area contributed by atoms with E-state index >= 15 is 0 Å². The fourth-order valence-corrected chi connectivity index (χ4v) is 1.47. The van der Waals surface area contributed by atoms with Gasteiger partial charge in [0.25, 0.3) is 0 Å². The Morgan fingerprint density at radius 1 is 1.44 bits per heavy atom. The first-order valence-electron chi connectivity index (χ1n) is 6.02. The van der Waals surface area contributed by atoms with E-state index in [-0.39, 0.29) is 6.61 Å². The van der Waals surface area contributed by atoms with Crippen molar-refractivity contribution in [1.29, 1.82) is 5.26 Å². The van der Waals surface area contributed by atoms with Crippen molar-refractivity contribution >= 4 is 5.82 Å². The molecule has 1 heterocycles. The Kier molecular flexibility index (Phi) is 5.56. The molecule has 3 N–H and O–H groups in total. The zero-order valence-corrected chi connectivity index (χ0v) is 10.7. The summed E-state index contributed by atoms with van der Waals surface area (Å²) < 4.78 is 0. The Morgan fingerprint density at radius 3 is 2.72 bits per heavy atom. The van der Waals surface area contributed by atoms with Gasteiger partial charge in [0.2, 0.25) is 0 Å². The van der Waals surface area contributed by atoms with Crippen LogP contribution in [0.15, 0.2) is 12.1 Å². The minimum Gasteiger partial charge on any atom is -0.394 e. The maximum absolute atomic E-state index is 9.23. The number of nitrogens with zero attached hydrogens (tertiary/aromatic N) is 2. The summed E-state index contributed by atoms with van der Waals surface area (Å²) in [6.07, 6.45) is -0.328. The topological polar surface area (TPSA) is 89.2 Å². The number of nitrogens with one attached hydrogen (secondary N) is 1. The minimum absolute atomic E-state index is 0.258. The third-order valence-corrected chi connectivity index (χ3v) is 2.61. The van der Waals surface area contributed by atoms with Gasteiger partial charge in [-0.1, -0.05) is 13.8 Å². The second kappa shape index (κ2) is 6.94. The van der Waals surface area contributed by atoms with Gasteiger partial charge in [0.15, 0.2) is 0 Å². The van der Waals surface area contributed by atoms with Gasteiger partial charge < -0.3 is 15.5 Å². The molecule has 0 unspecified atom stereocenters. The largest absolute Gasteiger partial charge is 0.394 e.